The van der Waals surface area contributed by atoms with Crippen LogP contribution in [0.25, 0.3) is 0 Å². The molecule has 3 aliphatic rings. The van der Waals surface area contributed by atoms with Crippen LogP contribution in [0.5, 0.6) is 5.75 Å². The largest absolute Gasteiger partial charge is 0.491 e. The van der Waals surface area contributed by atoms with E-state index in [1.54, 1.807) is 0 Å². The van der Waals surface area contributed by atoms with Crippen molar-refractivity contribution in [2.24, 2.45) is 0 Å². The molecule has 3 saturated heterocycles. The summed E-state index contributed by atoms with van der Waals surface area (Å²) in [6.07, 6.45) is 4.98. The van der Waals surface area contributed by atoms with Crippen molar-refractivity contribution in [2.75, 3.05) is 39.6 Å². The fourth-order valence-electron chi connectivity index (χ4n) is 5.87. The van der Waals surface area contributed by atoms with E-state index in [-0.39, 0.29) is 36.0 Å². The first-order valence-electron chi connectivity index (χ1n) is 14.1. The third-order valence-electron chi connectivity index (χ3n) is 7.96. The van der Waals surface area contributed by atoms with Gasteiger partial charge in [0, 0.05) is 31.6 Å². The molecular formula is C29H47NO7. The molecule has 3 aliphatic heterocycles. The van der Waals surface area contributed by atoms with Crippen LogP contribution in [-0.4, -0.2) is 78.9 Å². The van der Waals surface area contributed by atoms with Gasteiger partial charge in [0.05, 0.1) is 25.4 Å². The Morgan fingerprint density at radius 2 is 1.76 bits per heavy atom. The molecule has 4 atom stereocenters. The second-order valence-electron chi connectivity index (χ2n) is 11.4. The summed E-state index contributed by atoms with van der Waals surface area (Å²) in [5.41, 5.74) is 0.585. The van der Waals surface area contributed by atoms with Crippen LogP contribution in [-0.2, 0) is 23.8 Å². The number of nitrogens with zero attached hydrogens (tertiary/aromatic N) is 1. The molecule has 4 unspecified atom stereocenters. The van der Waals surface area contributed by atoms with E-state index in [0.717, 1.165) is 50.0 Å². The van der Waals surface area contributed by atoms with Gasteiger partial charge >= 0.3 is 0 Å². The third-order valence-corrected chi connectivity index (χ3v) is 7.96. The molecule has 1 spiro atoms. The molecule has 0 amide bonds. The Morgan fingerprint density at radius 3 is 2.41 bits per heavy atom. The van der Waals surface area contributed by atoms with Crippen LogP contribution in [0.15, 0.2) is 24.3 Å². The highest BCUT2D eigenvalue weighted by molar-refractivity contribution is 5.28. The highest BCUT2D eigenvalue weighted by atomic mass is 16.8. The monoisotopic (exact) mass is 521 g/mol. The summed E-state index contributed by atoms with van der Waals surface area (Å²) >= 11 is 0. The fourth-order valence-corrected chi connectivity index (χ4v) is 5.87. The molecule has 1 N–H and O–H groups in total. The number of aliphatic hydroxyl groups is 1. The number of benzene rings is 1. The Bertz CT molecular complexity index is 839. The lowest BCUT2D eigenvalue weighted by molar-refractivity contribution is -0.360. The Hall–Kier alpha value is -1.26. The quantitative estimate of drug-likeness (QED) is 0.276. The van der Waals surface area contributed by atoms with Crippen molar-refractivity contribution < 1.29 is 33.6 Å². The molecule has 210 valence electrons. The zero-order valence-electron chi connectivity index (χ0n) is 23.4. The second-order valence-corrected chi connectivity index (χ2v) is 11.4. The number of hydrogen-bond acceptors (Lipinski definition) is 8. The summed E-state index contributed by atoms with van der Waals surface area (Å²) in [5, 5.41) is 11.2. The lowest BCUT2D eigenvalue weighted by Crippen LogP contribution is -2.67. The van der Waals surface area contributed by atoms with Crippen LogP contribution in [0.1, 0.15) is 84.8 Å². The topological polar surface area (TPSA) is 82.2 Å². The fraction of sp³-hybridized carbons (Fsp3) is 0.793. The van der Waals surface area contributed by atoms with Gasteiger partial charge in [-0.3, -0.25) is 4.84 Å². The molecule has 1 aromatic carbocycles. The number of aliphatic hydroxyl groups excluding tert-OH is 1. The van der Waals surface area contributed by atoms with E-state index in [1.165, 1.54) is 0 Å². The molecule has 3 heterocycles. The third kappa shape index (κ3) is 7.04. The van der Waals surface area contributed by atoms with Crippen molar-refractivity contribution in [1.29, 1.82) is 0 Å². The SMILES string of the molecule is CCC1(CC)CC2(CC(C)(C)N1OC(C)c1ccc(OCC3CO3)cc1)OCC(COCCCCO)O2. The summed E-state index contributed by atoms with van der Waals surface area (Å²) in [4.78, 5) is 6.79. The van der Waals surface area contributed by atoms with Gasteiger partial charge in [-0.2, -0.15) is 5.06 Å². The van der Waals surface area contributed by atoms with E-state index >= 15 is 0 Å². The van der Waals surface area contributed by atoms with Crippen molar-refractivity contribution in [2.45, 2.75) is 108 Å². The number of hydroxylamine groups is 2. The number of rotatable bonds is 14. The zero-order chi connectivity index (χ0) is 26.5. The summed E-state index contributed by atoms with van der Waals surface area (Å²) in [6, 6.07) is 8.18. The molecular weight excluding hydrogens is 474 g/mol. The molecule has 0 radical (unpaired) electrons. The Labute approximate surface area is 222 Å². The number of hydrogen-bond donors (Lipinski definition) is 1. The second kappa shape index (κ2) is 12.3. The standard InChI is InChI=1S/C29H47NO7/c1-6-28(7-2)21-29(35-19-26(36-29)16-32-15-9-8-14-31)20-27(4,5)30(28)37-22(3)23-10-12-24(13-11-23)33-17-25-18-34-25/h10-13,22,25-26,31H,6-9,14-21H2,1-5H3. The first kappa shape index (κ1) is 28.7. The Morgan fingerprint density at radius 1 is 1.03 bits per heavy atom. The Kier molecular flexibility index (Phi) is 9.54. The molecule has 0 saturated carbocycles. The van der Waals surface area contributed by atoms with E-state index < -0.39 is 5.79 Å². The minimum atomic E-state index is -0.637. The number of piperidine rings is 1. The van der Waals surface area contributed by atoms with Gasteiger partial charge in [-0.1, -0.05) is 26.0 Å². The van der Waals surface area contributed by atoms with Crippen LogP contribution in [0.4, 0.5) is 0 Å². The van der Waals surface area contributed by atoms with E-state index in [4.69, 9.17) is 33.6 Å². The maximum Gasteiger partial charge on any atom is 0.172 e. The minimum Gasteiger partial charge on any atom is -0.491 e. The van der Waals surface area contributed by atoms with Gasteiger partial charge in [0.25, 0.3) is 0 Å². The van der Waals surface area contributed by atoms with Gasteiger partial charge in [-0.15, -0.1) is 0 Å². The number of ether oxygens (including phenoxy) is 5. The van der Waals surface area contributed by atoms with Gasteiger partial charge in [0.1, 0.15) is 30.7 Å². The van der Waals surface area contributed by atoms with Gasteiger partial charge in [-0.05, 0) is 64.2 Å². The maximum atomic E-state index is 8.95. The first-order chi connectivity index (χ1) is 17.7. The molecule has 37 heavy (non-hydrogen) atoms. The molecule has 8 nitrogen and oxygen atoms in total. The van der Waals surface area contributed by atoms with E-state index in [9.17, 15) is 0 Å². The summed E-state index contributed by atoms with van der Waals surface area (Å²) < 4.78 is 29.8. The predicted molar refractivity (Wildman–Crippen MR) is 140 cm³/mol. The van der Waals surface area contributed by atoms with Crippen molar-refractivity contribution in [3.63, 3.8) is 0 Å². The summed E-state index contributed by atoms with van der Waals surface area (Å²) in [7, 11) is 0. The van der Waals surface area contributed by atoms with Gasteiger partial charge in [0.2, 0.25) is 0 Å². The lowest BCUT2D eigenvalue weighted by Gasteiger charge is -2.59. The van der Waals surface area contributed by atoms with Crippen LogP contribution in [0, 0.1) is 0 Å². The van der Waals surface area contributed by atoms with Crippen molar-refractivity contribution in [1.82, 2.24) is 5.06 Å². The first-order valence-corrected chi connectivity index (χ1v) is 14.1. The van der Waals surface area contributed by atoms with Crippen molar-refractivity contribution >= 4 is 0 Å². The predicted octanol–water partition coefficient (Wildman–Crippen LogP) is 4.79. The zero-order valence-corrected chi connectivity index (χ0v) is 23.4. The molecule has 0 aliphatic carbocycles. The molecule has 4 rings (SSSR count). The van der Waals surface area contributed by atoms with Crippen molar-refractivity contribution in [3.8, 4) is 5.75 Å². The summed E-state index contributed by atoms with van der Waals surface area (Å²) in [5.74, 6) is 0.216. The van der Waals surface area contributed by atoms with Crippen LogP contribution in [0.3, 0.4) is 0 Å². The van der Waals surface area contributed by atoms with E-state index in [2.05, 4.69) is 51.8 Å². The average molecular weight is 522 g/mol. The molecule has 3 fully saturated rings. The summed E-state index contributed by atoms with van der Waals surface area (Å²) in [6.45, 7) is 14.3. The van der Waals surface area contributed by atoms with E-state index in [0.29, 0.717) is 32.8 Å². The van der Waals surface area contributed by atoms with Crippen molar-refractivity contribution in [3.05, 3.63) is 29.8 Å². The maximum absolute atomic E-state index is 8.95. The average Bonchev–Trinajstić information content (AvgIpc) is 3.65. The molecule has 1 aromatic rings. The highest BCUT2D eigenvalue weighted by Gasteiger charge is 2.60. The van der Waals surface area contributed by atoms with Crippen LogP contribution >= 0.6 is 0 Å². The van der Waals surface area contributed by atoms with Gasteiger partial charge < -0.3 is 28.8 Å². The van der Waals surface area contributed by atoms with Gasteiger partial charge in [-0.25, -0.2) is 0 Å². The van der Waals surface area contributed by atoms with Crippen LogP contribution < -0.4 is 4.74 Å². The van der Waals surface area contributed by atoms with Crippen LogP contribution in [0.2, 0.25) is 0 Å². The minimum absolute atomic E-state index is 0.0741. The Balaban J connectivity index is 1.40. The normalized spacial score (nSPS) is 29.5. The molecule has 0 aromatic heterocycles. The van der Waals surface area contributed by atoms with E-state index in [1.807, 2.05) is 12.1 Å². The van der Waals surface area contributed by atoms with Gasteiger partial charge in [0.15, 0.2) is 5.79 Å². The molecule has 0 bridgehead atoms. The number of unbranched alkanes of at least 4 members (excludes halogenated alkanes) is 1. The smallest absolute Gasteiger partial charge is 0.172 e. The lowest BCUT2D eigenvalue weighted by atomic mass is 9.73. The number of epoxide rings is 1. The molecule has 8 heteroatoms. The highest BCUT2D eigenvalue weighted by Crippen LogP contribution is 2.52.